The number of hydrogen-bond acceptors (Lipinski definition) is 16. The lowest BCUT2D eigenvalue weighted by Gasteiger charge is -2.43. The highest BCUT2D eigenvalue weighted by atomic mass is 16.8. The number of ether oxygens (including phenoxy) is 5. The molecule has 13 unspecified atom stereocenters. The number of aliphatic hydroxyl groups excluding tert-OH is 11. The van der Waals surface area contributed by atoms with Crippen LogP contribution in [0.4, 0.5) is 0 Å². The molecule has 3 heterocycles. The molecule has 13 atom stereocenters. The van der Waals surface area contributed by atoms with Crippen LogP contribution in [0.1, 0.15) is 0 Å². The summed E-state index contributed by atoms with van der Waals surface area (Å²) in [5.74, 6) is -4.64. The molecule has 0 radical (unpaired) electrons. The van der Waals surface area contributed by atoms with Crippen molar-refractivity contribution in [2.45, 2.75) is 78.9 Å². The van der Waals surface area contributed by atoms with Gasteiger partial charge in [-0.3, -0.25) is 0 Å². The standard InChI is InChI=1S/C18H32O16/c19-1-6-9(23)12(26)13(27)16(31-6)34-18(5-22)15(29)11(25)8(33-18)3-30-17(4-21)14(28)10(24)7(2-20)32-17/h6-16,19-29H,1-5H2. The summed E-state index contributed by atoms with van der Waals surface area (Å²) in [7, 11) is 0. The first-order valence-electron chi connectivity index (χ1n) is 10.5. The summed E-state index contributed by atoms with van der Waals surface area (Å²) < 4.78 is 26.6. The van der Waals surface area contributed by atoms with Gasteiger partial charge in [0.1, 0.15) is 74.3 Å². The zero-order valence-corrected chi connectivity index (χ0v) is 17.8. The fraction of sp³-hybridized carbons (Fsp3) is 1.00. The molecule has 200 valence electrons. The van der Waals surface area contributed by atoms with Crippen molar-refractivity contribution in [2.75, 3.05) is 33.0 Å². The largest absolute Gasteiger partial charge is 0.394 e. The van der Waals surface area contributed by atoms with E-state index in [4.69, 9.17) is 23.7 Å². The van der Waals surface area contributed by atoms with Crippen LogP contribution in [0.15, 0.2) is 0 Å². The van der Waals surface area contributed by atoms with Crippen LogP contribution in [0.3, 0.4) is 0 Å². The third kappa shape index (κ3) is 4.71. The minimum absolute atomic E-state index is 0.694. The topological polar surface area (TPSA) is 269 Å². The van der Waals surface area contributed by atoms with Gasteiger partial charge in [0.25, 0.3) is 0 Å². The van der Waals surface area contributed by atoms with Gasteiger partial charge in [0.05, 0.1) is 19.8 Å². The van der Waals surface area contributed by atoms with Crippen LogP contribution in [0.25, 0.3) is 0 Å². The average molecular weight is 504 g/mol. The Morgan fingerprint density at radius 2 is 1.12 bits per heavy atom. The van der Waals surface area contributed by atoms with Gasteiger partial charge in [-0.2, -0.15) is 0 Å². The Bertz CT molecular complexity index is 668. The van der Waals surface area contributed by atoms with Crippen molar-refractivity contribution in [1.82, 2.24) is 0 Å². The predicted molar refractivity (Wildman–Crippen MR) is 101 cm³/mol. The molecule has 11 N–H and O–H groups in total. The van der Waals surface area contributed by atoms with Gasteiger partial charge in [0.15, 0.2) is 6.29 Å². The molecular weight excluding hydrogens is 472 g/mol. The van der Waals surface area contributed by atoms with E-state index in [2.05, 4.69) is 0 Å². The summed E-state index contributed by atoms with van der Waals surface area (Å²) in [5, 5.41) is 109. The molecule has 0 spiro atoms. The lowest BCUT2D eigenvalue weighted by molar-refractivity contribution is -0.385. The van der Waals surface area contributed by atoms with E-state index in [9.17, 15) is 56.2 Å². The molecule has 0 aromatic carbocycles. The van der Waals surface area contributed by atoms with Crippen LogP contribution in [0.2, 0.25) is 0 Å². The zero-order valence-electron chi connectivity index (χ0n) is 17.8. The maximum Gasteiger partial charge on any atom is 0.224 e. The summed E-state index contributed by atoms with van der Waals surface area (Å²) >= 11 is 0. The summed E-state index contributed by atoms with van der Waals surface area (Å²) in [4.78, 5) is 0. The van der Waals surface area contributed by atoms with E-state index >= 15 is 0 Å². The van der Waals surface area contributed by atoms with E-state index in [1.807, 2.05) is 0 Å². The molecule has 3 aliphatic heterocycles. The zero-order chi connectivity index (χ0) is 25.4. The minimum Gasteiger partial charge on any atom is -0.394 e. The van der Waals surface area contributed by atoms with Gasteiger partial charge in [-0.1, -0.05) is 0 Å². The van der Waals surface area contributed by atoms with Gasteiger partial charge in [-0.05, 0) is 0 Å². The van der Waals surface area contributed by atoms with Gasteiger partial charge in [-0.15, -0.1) is 0 Å². The fourth-order valence-electron chi connectivity index (χ4n) is 4.14. The first-order valence-corrected chi connectivity index (χ1v) is 10.5. The summed E-state index contributed by atoms with van der Waals surface area (Å²) in [6.07, 6.45) is -18.6. The smallest absolute Gasteiger partial charge is 0.224 e. The molecular formula is C18H32O16. The highest BCUT2D eigenvalue weighted by Gasteiger charge is 2.60. The normalized spacial score (nSPS) is 51.8. The lowest BCUT2D eigenvalue weighted by atomic mass is 9.99. The van der Waals surface area contributed by atoms with Crippen LogP contribution in [-0.4, -0.2) is 168 Å². The lowest BCUT2D eigenvalue weighted by Crippen LogP contribution is -2.62. The van der Waals surface area contributed by atoms with Gasteiger partial charge >= 0.3 is 0 Å². The van der Waals surface area contributed by atoms with E-state index in [0.717, 1.165) is 0 Å². The number of aliphatic hydroxyl groups is 11. The van der Waals surface area contributed by atoms with E-state index in [1.54, 1.807) is 0 Å². The van der Waals surface area contributed by atoms with Crippen molar-refractivity contribution in [3.8, 4) is 0 Å². The maximum atomic E-state index is 10.5. The Balaban J connectivity index is 1.72. The Kier molecular flexibility index (Phi) is 8.85. The Labute approximate surface area is 192 Å². The SMILES string of the molecule is OCC1OC(OC2(CO)OC(COC3(CO)OC(CO)C(O)C3O)C(O)C2O)C(O)C(O)C1O. The monoisotopic (exact) mass is 504 g/mol. The summed E-state index contributed by atoms with van der Waals surface area (Å²) in [6, 6.07) is 0. The van der Waals surface area contributed by atoms with Gasteiger partial charge in [0, 0.05) is 0 Å². The van der Waals surface area contributed by atoms with Crippen molar-refractivity contribution in [3.05, 3.63) is 0 Å². The van der Waals surface area contributed by atoms with E-state index in [1.165, 1.54) is 0 Å². The molecule has 0 aliphatic carbocycles. The molecule has 3 fully saturated rings. The van der Waals surface area contributed by atoms with Gasteiger partial charge in [0.2, 0.25) is 11.6 Å². The van der Waals surface area contributed by atoms with E-state index in [-0.39, 0.29) is 0 Å². The van der Waals surface area contributed by atoms with Crippen LogP contribution in [-0.2, 0) is 23.7 Å². The Morgan fingerprint density at radius 3 is 1.65 bits per heavy atom. The maximum absolute atomic E-state index is 10.5. The van der Waals surface area contributed by atoms with Crippen molar-refractivity contribution in [1.29, 1.82) is 0 Å². The van der Waals surface area contributed by atoms with Crippen molar-refractivity contribution < 1.29 is 79.9 Å². The molecule has 16 heteroatoms. The molecule has 3 aliphatic rings. The van der Waals surface area contributed by atoms with E-state index < -0.39 is 112 Å². The minimum atomic E-state index is -2.43. The number of hydrogen-bond donors (Lipinski definition) is 11. The fourth-order valence-corrected chi connectivity index (χ4v) is 4.14. The molecule has 0 aromatic rings. The second-order valence-corrected chi connectivity index (χ2v) is 8.43. The Morgan fingerprint density at radius 1 is 0.588 bits per heavy atom. The van der Waals surface area contributed by atoms with E-state index in [0.29, 0.717) is 0 Å². The molecule has 0 saturated carbocycles. The Hall–Kier alpha value is -0.640. The van der Waals surface area contributed by atoms with Gasteiger partial charge in [-0.25, -0.2) is 0 Å². The second kappa shape index (κ2) is 10.8. The van der Waals surface area contributed by atoms with Crippen LogP contribution >= 0.6 is 0 Å². The third-order valence-electron chi connectivity index (χ3n) is 6.29. The molecule has 34 heavy (non-hydrogen) atoms. The highest BCUT2D eigenvalue weighted by molar-refractivity contribution is 5.00. The van der Waals surface area contributed by atoms with Crippen LogP contribution < -0.4 is 0 Å². The quantitative estimate of drug-likeness (QED) is 0.139. The van der Waals surface area contributed by atoms with Crippen molar-refractivity contribution >= 4 is 0 Å². The first kappa shape index (κ1) is 27.9. The predicted octanol–water partition coefficient (Wildman–Crippen LogP) is -7.57. The van der Waals surface area contributed by atoms with Crippen molar-refractivity contribution in [2.24, 2.45) is 0 Å². The molecule has 0 amide bonds. The molecule has 3 rings (SSSR count). The summed E-state index contributed by atoms with van der Waals surface area (Å²) in [6.45, 7) is -4.25. The average Bonchev–Trinajstić information content (AvgIpc) is 3.23. The molecule has 0 bridgehead atoms. The molecule has 16 nitrogen and oxygen atoms in total. The van der Waals surface area contributed by atoms with Gasteiger partial charge < -0.3 is 79.9 Å². The number of rotatable bonds is 9. The first-order chi connectivity index (χ1) is 16.0. The second-order valence-electron chi connectivity index (χ2n) is 8.43. The van der Waals surface area contributed by atoms with Crippen molar-refractivity contribution in [3.63, 3.8) is 0 Å². The summed E-state index contributed by atoms with van der Waals surface area (Å²) in [5.41, 5.74) is 0. The molecule has 3 saturated heterocycles. The van der Waals surface area contributed by atoms with Crippen LogP contribution in [0.5, 0.6) is 0 Å². The third-order valence-corrected chi connectivity index (χ3v) is 6.29. The highest BCUT2D eigenvalue weighted by Crippen LogP contribution is 2.38. The molecule has 0 aromatic heterocycles. The van der Waals surface area contributed by atoms with Crippen LogP contribution in [0, 0.1) is 0 Å².